The van der Waals surface area contributed by atoms with E-state index in [2.05, 4.69) is 10.2 Å². The SMILES string of the molecule is COc1nnc(N2C(=O)CN([C@H](C)c3ccccc3)C2=O)s1. The number of ether oxygens (including phenoxy) is 1. The molecule has 0 aliphatic carbocycles. The molecule has 1 aromatic heterocycles. The van der Waals surface area contributed by atoms with Crippen LogP contribution in [0.3, 0.4) is 0 Å². The van der Waals surface area contributed by atoms with Crippen molar-refractivity contribution in [3.05, 3.63) is 35.9 Å². The first-order valence-electron chi connectivity index (χ1n) is 6.68. The zero-order valence-electron chi connectivity index (χ0n) is 12.1. The molecule has 1 aromatic carbocycles. The maximum absolute atomic E-state index is 12.6. The normalized spacial score (nSPS) is 16.3. The third-order valence-electron chi connectivity index (χ3n) is 3.50. The van der Waals surface area contributed by atoms with Crippen molar-refractivity contribution in [2.24, 2.45) is 0 Å². The van der Waals surface area contributed by atoms with Gasteiger partial charge in [-0.25, -0.2) is 9.69 Å². The molecule has 3 rings (SSSR count). The molecule has 7 nitrogen and oxygen atoms in total. The van der Waals surface area contributed by atoms with Crippen LogP contribution in [0.5, 0.6) is 5.19 Å². The number of nitrogens with zero attached hydrogens (tertiary/aromatic N) is 4. The molecule has 0 bridgehead atoms. The van der Waals surface area contributed by atoms with Gasteiger partial charge in [-0.05, 0) is 23.8 Å². The fraction of sp³-hybridized carbons (Fsp3) is 0.286. The molecular formula is C14H14N4O3S. The van der Waals surface area contributed by atoms with Crippen molar-refractivity contribution in [3.8, 4) is 5.19 Å². The first kappa shape index (κ1) is 14.5. The summed E-state index contributed by atoms with van der Waals surface area (Å²) < 4.78 is 4.95. The second kappa shape index (κ2) is 5.72. The zero-order valence-corrected chi connectivity index (χ0v) is 12.9. The molecule has 0 radical (unpaired) electrons. The molecular weight excluding hydrogens is 304 g/mol. The lowest BCUT2D eigenvalue weighted by atomic mass is 10.1. The van der Waals surface area contributed by atoms with E-state index in [1.54, 1.807) is 0 Å². The van der Waals surface area contributed by atoms with Gasteiger partial charge in [0, 0.05) is 0 Å². The van der Waals surface area contributed by atoms with E-state index in [4.69, 9.17) is 4.74 Å². The minimum Gasteiger partial charge on any atom is -0.472 e. The van der Waals surface area contributed by atoms with Gasteiger partial charge in [0.25, 0.3) is 11.1 Å². The summed E-state index contributed by atoms with van der Waals surface area (Å²) in [7, 11) is 1.46. The Morgan fingerprint density at radius 1 is 1.23 bits per heavy atom. The van der Waals surface area contributed by atoms with Crippen LogP contribution in [0.4, 0.5) is 9.93 Å². The molecule has 0 spiro atoms. The first-order valence-corrected chi connectivity index (χ1v) is 7.49. The van der Waals surface area contributed by atoms with Gasteiger partial charge in [0.2, 0.25) is 5.13 Å². The van der Waals surface area contributed by atoms with Gasteiger partial charge >= 0.3 is 6.03 Å². The van der Waals surface area contributed by atoms with Crippen molar-refractivity contribution in [1.82, 2.24) is 15.1 Å². The summed E-state index contributed by atoms with van der Waals surface area (Å²) in [4.78, 5) is 27.3. The van der Waals surface area contributed by atoms with E-state index < -0.39 is 0 Å². The number of aromatic nitrogens is 2. The average molecular weight is 318 g/mol. The zero-order chi connectivity index (χ0) is 15.7. The number of benzene rings is 1. The highest BCUT2D eigenvalue weighted by Gasteiger charge is 2.41. The molecule has 0 saturated carbocycles. The lowest BCUT2D eigenvalue weighted by Gasteiger charge is -2.23. The Bertz CT molecular complexity index is 703. The second-order valence-corrected chi connectivity index (χ2v) is 5.70. The molecule has 1 atom stereocenters. The number of carbonyl (C=O) groups is 2. The lowest BCUT2D eigenvalue weighted by molar-refractivity contribution is -0.116. The number of carbonyl (C=O) groups excluding carboxylic acids is 2. The summed E-state index contributed by atoms with van der Waals surface area (Å²) in [6, 6.07) is 8.99. The first-order chi connectivity index (χ1) is 10.6. The van der Waals surface area contributed by atoms with Gasteiger partial charge < -0.3 is 9.64 Å². The summed E-state index contributed by atoms with van der Waals surface area (Å²) in [6.07, 6.45) is 0. The number of hydrogen-bond donors (Lipinski definition) is 0. The number of rotatable bonds is 4. The van der Waals surface area contributed by atoms with Crippen molar-refractivity contribution in [1.29, 1.82) is 0 Å². The molecule has 1 aliphatic rings. The standard InChI is InChI=1S/C14H14N4O3S/c1-9(10-6-4-3-5-7-10)17-8-11(19)18(14(17)20)12-15-16-13(21-2)22-12/h3-7,9H,8H2,1-2H3/t9-/m1/s1. The predicted octanol–water partition coefficient (Wildman–Crippen LogP) is 2.08. The van der Waals surface area contributed by atoms with Crippen molar-refractivity contribution in [3.63, 3.8) is 0 Å². The van der Waals surface area contributed by atoms with Crippen molar-refractivity contribution >= 4 is 28.4 Å². The van der Waals surface area contributed by atoms with Crippen LogP contribution >= 0.6 is 11.3 Å². The van der Waals surface area contributed by atoms with E-state index in [9.17, 15) is 9.59 Å². The van der Waals surface area contributed by atoms with Crippen LogP contribution < -0.4 is 9.64 Å². The smallest absolute Gasteiger partial charge is 0.334 e. The van der Waals surface area contributed by atoms with Gasteiger partial charge in [-0.2, -0.15) is 0 Å². The fourth-order valence-corrected chi connectivity index (χ4v) is 2.97. The summed E-state index contributed by atoms with van der Waals surface area (Å²) in [5, 5.41) is 8.14. The largest absolute Gasteiger partial charge is 0.472 e. The topological polar surface area (TPSA) is 75.6 Å². The highest BCUT2D eigenvalue weighted by Crippen LogP contribution is 2.32. The van der Waals surface area contributed by atoms with E-state index >= 15 is 0 Å². The Morgan fingerprint density at radius 2 is 1.95 bits per heavy atom. The number of methoxy groups -OCH3 is 1. The Labute approximate surface area is 131 Å². The quantitative estimate of drug-likeness (QED) is 0.807. The molecule has 8 heteroatoms. The van der Waals surface area contributed by atoms with Crippen molar-refractivity contribution in [2.45, 2.75) is 13.0 Å². The Morgan fingerprint density at radius 3 is 2.59 bits per heavy atom. The molecule has 1 saturated heterocycles. The molecule has 1 fully saturated rings. The van der Waals surface area contributed by atoms with Gasteiger partial charge in [0.05, 0.1) is 13.2 Å². The average Bonchev–Trinajstić information content (AvgIpc) is 3.11. The molecule has 2 aromatic rings. The summed E-state index contributed by atoms with van der Waals surface area (Å²) in [5.74, 6) is -0.313. The van der Waals surface area contributed by atoms with Crippen LogP contribution in [-0.2, 0) is 4.79 Å². The maximum atomic E-state index is 12.6. The van der Waals surface area contributed by atoms with E-state index in [0.29, 0.717) is 5.19 Å². The van der Waals surface area contributed by atoms with Crippen molar-refractivity contribution in [2.75, 3.05) is 18.6 Å². The Hall–Kier alpha value is -2.48. The van der Waals surface area contributed by atoms with Gasteiger partial charge in [0.15, 0.2) is 0 Å². The number of imide groups is 1. The Kier molecular flexibility index (Phi) is 3.76. The van der Waals surface area contributed by atoms with Crippen LogP contribution in [0.2, 0.25) is 0 Å². The van der Waals surface area contributed by atoms with Crippen LogP contribution in [0, 0.1) is 0 Å². The third-order valence-corrected chi connectivity index (χ3v) is 4.37. The fourth-order valence-electron chi connectivity index (χ4n) is 2.30. The van der Waals surface area contributed by atoms with E-state index in [1.807, 2.05) is 37.3 Å². The van der Waals surface area contributed by atoms with E-state index in [1.165, 1.54) is 12.0 Å². The summed E-state index contributed by atoms with van der Waals surface area (Å²) in [5.41, 5.74) is 0.973. The molecule has 3 amide bonds. The number of urea groups is 1. The Balaban J connectivity index is 1.85. The maximum Gasteiger partial charge on any atom is 0.334 e. The van der Waals surface area contributed by atoms with Crippen LogP contribution in [-0.4, -0.2) is 40.7 Å². The number of anilines is 1. The third kappa shape index (κ3) is 2.41. The van der Waals surface area contributed by atoms with E-state index in [0.717, 1.165) is 21.8 Å². The summed E-state index contributed by atoms with van der Waals surface area (Å²) in [6.45, 7) is 1.92. The highest BCUT2D eigenvalue weighted by atomic mass is 32.1. The molecule has 2 heterocycles. The lowest BCUT2D eigenvalue weighted by Crippen LogP contribution is -2.34. The second-order valence-electron chi connectivity index (χ2n) is 4.78. The van der Waals surface area contributed by atoms with Crippen LogP contribution in [0.1, 0.15) is 18.5 Å². The van der Waals surface area contributed by atoms with Crippen LogP contribution in [0.15, 0.2) is 30.3 Å². The minimum absolute atomic E-state index is 0.0246. The molecule has 22 heavy (non-hydrogen) atoms. The monoisotopic (exact) mass is 318 g/mol. The van der Waals surface area contributed by atoms with Gasteiger partial charge in [-0.3, -0.25) is 4.79 Å². The number of hydrogen-bond acceptors (Lipinski definition) is 6. The molecule has 1 aliphatic heterocycles. The minimum atomic E-state index is -0.389. The van der Waals surface area contributed by atoms with E-state index in [-0.39, 0.29) is 29.7 Å². The van der Waals surface area contributed by atoms with Crippen LogP contribution in [0.25, 0.3) is 0 Å². The highest BCUT2D eigenvalue weighted by molar-refractivity contribution is 7.17. The molecule has 114 valence electrons. The van der Waals surface area contributed by atoms with Crippen molar-refractivity contribution < 1.29 is 14.3 Å². The number of amides is 3. The van der Waals surface area contributed by atoms with Gasteiger partial charge in [-0.15, -0.1) is 5.10 Å². The predicted molar refractivity (Wildman–Crippen MR) is 80.9 cm³/mol. The molecule has 0 unspecified atom stereocenters. The van der Waals surface area contributed by atoms with Gasteiger partial charge in [-0.1, -0.05) is 35.4 Å². The molecule has 0 N–H and O–H groups in total. The summed E-state index contributed by atoms with van der Waals surface area (Å²) >= 11 is 1.06. The van der Waals surface area contributed by atoms with Gasteiger partial charge in [0.1, 0.15) is 6.54 Å².